The van der Waals surface area contributed by atoms with Gasteiger partial charge in [0.15, 0.2) is 5.82 Å². The standard InChI is InChI=1S/C31H32F3N5O2/c1-15(2)26-27(16(3)9-10-35-26)39-28-19(11-21(33)24(25(28)34)23-20(32)7-6-8-22(23)40)29-30(31(39)41)37(5)14-18-12-36-17(4)13-38(18)29/h6-11,15,17-18,36,40H,12-14H2,1-5H3/t17-,18-/m1/s1. The molecule has 2 atom stereocenters. The number of rotatable bonds is 3. The number of halogens is 3. The van der Waals surface area contributed by atoms with Crippen molar-refractivity contribution in [2.75, 3.05) is 36.5 Å². The zero-order valence-electron chi connectivity index (χ0n) is 23.6. The number of aryl methyl sites for hydroxylation is 1. The summed E-state index contributed by atoms with van der Waals surface area (Å²) in [4.78, 5) is 23.1. The third-order valence-electron chi connectivity index (χ3n) is 8.23. The largest absolute Gasteiger partial charge is 0.507 e. The summed E-state index contributed by atoms with van der Waals surface area (Å²) in [5.74, 6) is -3.89. The summed E-state index contributed by atoms with van der Waals surface area (Å²) in [6, 6.07) is 6.41. The van der Waals surface area contributed by atoms with Gasteiger partial charge in [-0.1, -0.05) is 19.9 Å². The molecule has 2 aromatic carbocycles. The zero-order chi connectivity index (χ0) is 29.3. The molecule has 1 fully saturated rings. The third-order valence-corrected chi connectivity index (χ3v) is 8.23. The van der Waals surface area contributed by atoms with E-state index in [1.54, 1.807) is 12.3 Å². The highest BCUT2D eigenvalue weighted by molar-refractivity contribution is 6.03. The first-order valence-corrected chi connectivity index (χ1v) is 13.8. The Hall–Kier alpha value is -4.05. The van der Waals surface area contributed by atoms with Gasteiger partial charge in [-0.05, 0) is 49.6 Å². The highest BCUT2D eigenvalue weighted by atomic mass is 19.1. The first-order valence-electron chi connectivity index (χ1n) is 13.8. The Morgan fingerprint density at radius 2 is 1.80 bits per heavy atom. The van der Waals surface area contributed by atoms with Gasteiger partial charge in [0.25, 0.3) is 5.56 Å². The molecule has 0 bridgehead atoms. The molecule has 2 aromatic heterocycles. The highest BCUT2D eigenvalue weighted by Gasteiger charge is 2.39. The van der Waals surface area contributed by atoms with Gasteiger partial charge in [-0.3, -0.25) is 14.3 Å². The lowest BCUT2D eigenvalue weighted by Crippen LogP contribution is -2.62. The molecule has 4 heterocycles. The van der Waals surface area contributed by atoms with Gasteiger partial charge >= 0.3 is 0 Å². The SMILES string of the molecule is Cc1ccnc(C(C)C)c1-n1c(=O)c2c(c3cc(F)c(-c4c(O)cccc4F)c(F)c31)N1C[C@@H](C)NC[C@@H]1CN2C. The molecule has 7 nitrogen and oxygen atoms in total. The van der Waals surface area contributed by atoms with Crippen LogP contribution >= 0.6 is 0 Å². The van der Waals surface area contributed by atoms with Gasteiger partial charge in [-0.2, -0.15) is 0 Å². The van der Waals surface area contributed by atoms with Crippen molar-refractivity contribution in [3.8, 4) is 22.6 Å². The number of hydrogen-bond acceptors (Lipinski definition) is 6. The van der Waals surface area contributed by atoms with Gasteiger partial charge in [-0.25, -0.2) is 13.2 Å². The van der Waals surface area contributed by atoms with Crippen molar-refractivity contribution in [1.29, 1.82) is 0 Å². The lowest BCUT2D eigenvalue weighted by Gasteiger charge is -2.48. The quantitative estimate of drug-likeness (QED) is 0.356. The molecule has 2 N–H and O–H groups in total. The molecule has 4 aromatic rings. The molecular formula is C31H32F3N5O2. The topological polar surface area (TPSA) is 73.6 Å². The number of hydrogen-bond donors (Lipinski definition) is 2. The first-order chi connectivity index (χ1) is 19.5. The van der Waals surface area contributed by atoms with Crippen LogP contribution in [0.15, 0.2) is 41.3 Å². The Morgan fingerprint density at radius 1 is 1.05 bits per heavy atom. The van der Waals surface area contributed by atoms with E-state index in [9.17, 15) is 9.90 Å². The molecule has 41 heavy (non-hydrogen) atoms. The maximum atomic E-state index is 17.0. The van der Waals surface area contributed by atoms with E-state index in [0.29, 0.717) is 48.0 Å². The Balaban J connectivity index is 1.84. The average molecular weight is 564 g/mol. The minimum atomic E-state index is -1.13. The molecule has 2 aliphatic rings. The number of phenols is 1. The van der Waals surface area contributed by atoms with E-state index in [0.717, 1.165) is 12.1 Å². The van der Waals surface area contributed by atoms with Crippen LogP contribution in [0.2, 0.25) is 0 Å². The summed E-state index contributed by atoms with van der Waals surface area (Å²) in [7, 11) is 1.81. The summed E-state index contributed by atoms with van der Waals surface area (Å²) in [6.45, 7) is 9.40. The number of anilines is 2. The van der Waals surface area contributed by atoms with Gasteiger partial charge < -0.3 is 20.2 Å². The molecule has 2 aliphatic heterocycles. The lowest BCUT2D eigenvalue weighted by atomic mass is 9.95. The number of nitrogens with zero attached hydrogens (tertiary/aromatic N) is 4. The molecule has 0 spiro atoms. The van der Waals surface area contributed by atoms with E-state index < -0.39 is 39.9 Å². The average Bonchev–Trinajstić information content (AvgIpc) is 2.91. The molecule has 0 aliphatic carbocycles. The smallest absolute Gasteiger partial charge is 0.281 e. The number of likely N-dealkylation sites (N-methyl/N-ethyl adjacent to an activating group) is 1. The van der Waals surface area contributed by atoms with Crippen molar-refractivity contribution in [2.45, 2.75) is 45.7 Å². The van der Waals surface area contributed by atoms with Crippen LogP contribution in [0.4, 0.5) is 24.5 Å². The van der Waals surface area contributed by atoms with Crippen molar-refractivity contribution in [2.24, 2.45) is 0 Å². The van der Waals surface area contributed by atoms with Crippen LogP contribution in [0.3, 0.4) is 0 Å². The van der Waals surface area contributed by atoms with Crippen molar-refractivity contribution in [3.63, 3.8) is 0 Å². The molecule has 10 heteroatoms. The summed E-state index contributed by atoms with van der Waals surface area (Å²) < 4.78 is 49.3. The second-order valence-electron chi connectivity index (χ2n) is 11.4. The Bertz CT molecular complexity index is 1750. The van der Waals surface area contributed by atoms with Crippen molar-refractivity contribution < 1.29 is 18.3 Å². The second kappa shape index (κ2) is 9.80. The molecular weight excluding hydrogens is 531 g/mol. The van der Waals surface area contributed by atoms with Crippen LogP contribution in [-0.4, -0.2) is 53.4 Å². The van der Waals surface area contributed by atoms with Gasteiger partial charge in [0, 0.05) is 44.3 Å². The summed E-state index contributed by atoms with van der Waals surface area (Å²) >= 11 is 0. The molecule has 0 radical (unpaired) electrons. The van der Waals surface area contributed by atoms with E-state index in [1.807, 2.05) is 39.6 Å². The number of nitrogens with one attached hydrogen (secondary N) is 1. The minimum absolute atomic E-state index is 0.0325. The second-order valence-corrected chi connectivity index (χ2v) is 11.4. The van der Waals surface area contributed by atoms with Gasteiger partial charge in [0.2, 0.25) is 0 Å². The molecule has 214 valence electrons. The lowest BCUT2D eigenvalue weighted by molar-refractivity contribution is 0.403. The van der Waals surface area contributed by atoms with Gasteiger partial charge in [-0.15, -0.1) is 0 Å². The van der Waals surface area contributed by atoms with Crippen LogP contribution in [0.25, 0.3) is 27.7 Å². The van der Waals surface area contributed by atoms with E-state index >= 15 is 13.2 Å². The van der Waals surface area contributed by atoms with E-state index in [2.05, 4.69) is 15.2 Å². The fraction of sp³-hybridized carbons (Fsp3) is 0.355. The highest BCUT2D eigenvalue weighted by Crippen LogP contribution is 2.45. The van der Waals surface area contributed by atoms with Crippen LogP contribution in [0, 0.1) is 24.4 Å². The number of piperazine rings is 1. The normalized spacial score (nSPS) is 18.7. The number of pyridine rings is 2. The molecule has 0 amide bonds. The third kappa shape index (κ3) is 4.07. The maximum Gasteiger partial charge on any atom is 0.281 e. The summed E-state index contributed by atoms with van der Waals surface area (Å²) in [5.41, 5.74) is 0.431. The van der Waals surface area contributed by atoms with Gasteiger partial charge in [0.05, 0.1) is 39.8 Å². The number of phenolic OH excluding ortho intramolecular Hbond substituents is 1. The number of fused-ring (bicyclic) bond motifs is 5. The summed E-state index contributed by atoms with van der Waals surface area (Å²) in [6.07, 6.45) is 1.64. The molecule has 1 saturated heterocycles. The van der Waals surface area contributed by atoms with Crippen molar-refractivity contribution in [1.82, 2.24) is 14.9 Å². The fourth-order valence-corrected chi connectivity index (χ4v) is 6.37. The molecule has 6 rings (SSSR count). The predicted octanol–water partition coefficient (Wildman–Crippen LogP) is 5.22. The predicted molar refractivity (Wildman–Crippen MR) is 155 cm³/mol. The number of aromatic hydroxyl groups is 1. The number of aromatic nitrogens is 2. The minimum Gasteiger partial charge on any atom is -0.507 e. The Labute approximate surface area is 235 Å². The first kappa shape index (κ1) is 27.1. The van der Waals surface area contributed by atoms with Crippen LogP contribution in [0.1, 0.15) is 37.9 Å². The monoisotopic (exact) mass is 563 g/mol. The van der Waals surface area contributed by atoms with E-state index in [4.69, 9.17) is 0 Å². The Morgan fingerprint density at radius 3 is 2.51 bits per heavy atom. The van der Waals surface area contributed by atoms with Gasteiger partial charge in [0.1, 0.15) is 23.1 Å². The fourth-order valence-electron chi connectivity index (χ4n) is 6.37. The molecule has 0 saturated carbocycles. The Kier molecular flexibility index (Phi) is 6.48. The maximum absolute atomic E-state index is 17.0. The van der Waals surface area contributed by atoms with Crippen LogP contribution in [-0.2, 0) is 0 Å². The van der Waals surface area contributed by atoms with E-state index in [-0.39, 0.29) is 28.9 Å². The molecule has 0 unspecified atom stereocenters. The van der Waals surface area contributed by atoms with Crippen LogP contribution < -0.4 is 20.7 Å². The van der Waals surface area contributed by atoms with E-state index in [1.165, 1.54) is 16.7 Å². The van der Waals surface area contributed by atoms with Crippen LogP contribution in [0.5, 0.6) is 5.75 Å². The number of benzene rings is 2. The van der Waals surface area contributed by atoms with Crippen molar-refractivity contribution >= 4 is 22.3 Å². The zero-order valence-corrected chi connectivity index (χ0v) is 23.6. The van der Waals surface area contributed by atoms with Crippen molar-refractivity contribution in [3.05, 3.63) is 75.6 Å². The summed E-state index contributed by atoms with van der Waals surface area (Å²) in [5, 5.41) is 14.1.